The maximum atomic E-state index is 5.22. The van der Waals surface area contributed by atoms with E-state index in [9.17, 15) is 0 Å². The Bertz CT molecular complexity index is 1710. The number of amidine groups is 2. The number of benzene rings is 2. The number of fused-ring (bicyclic) bond motifs is 20. The third-order valence-corrected chi connectivity index (χ3v) is 9.79. The average molecular weight is 582 g/mol. The largest absolute Gasteiger partial charge is 2.00 e. The van der Waals surface area contributed by atoms with Crippen LogP contribution < -0.4 is 20.9 Å². The van der Waals surface area contributed by atoms with Crippen LogP contribution >= 0.6 is 0 Å². The van der Waals surface area contributed by atoms with Gasteiger partial charge in [-0.25, -0.2) is 0 Å². The van der Waals surface area contributed by atoms with Crippen molar-refractivity contribution < 1.29 is 17.1 Å². The molecule has 2 saturated carbocycles. The molecule has 0 spiro atoms. The summed E-state index contributed by atoms with van der Waals surface area (Å²) < 4.78 is 0. The third-order valence-electron chi connectivity index (χ3n) is 9.79. The molecule has 9 rings (SSSR count). The Labute approximate surface area is 248 Å². The number of aromatic nitrogens is 2. The molecule has 0 N–H and O–H groups in total. The van der Waals surface area contributed by atoms with Gasteiger partial charge in [0.1, 0.15) is 0 Å². The molecule has 6 atom stereocenters. The molecule has 5 aliphatic rings. The minimum atomic E-state index is -0.188. The second-order valence-electron chi connectivity index (χ2n) is 12.0. The normalized spacial score (nSPS) is 34.2. The van der Waals surface area contributed by atoms with Crippen LogP contribution in [-0.2, 0) is 17.1 Å². The molecule has 207 valence electrons. The fraction of sp³-hybridized carbons (Fsp3) is 0.438. The quantitative estimate of drug-likeness (QED) is 0.239. The summed E-state index contributed by atoms with van der Waals surface area (Å²) in [5.41, 5.74) is 1.49. The van der Waals surface area contributed by atoms with Crippen LogP contribution in [-0.4, -0.2) is 24.0 Å². The summed E-state index contributed by atoms with van der Waals surface area (Å²) >= 11 is 0. The molecule has 0 amide bonds. The van der Waals surface area contributed by atoms with Crippen LogP contribution in [0.1, 0.15) is 51.4 Å². The van der Waals surface area contributed by atoms with Crippen molar-refractivity contribution in [3.05, 3.63) is 70.1 Å². The number of hydrogen-bond donors (Lipinski definition) is 0. The molecule has 2 aromatic heterocycles. The molecule has 1 radical (unpaired) electrons. The van der Waals surface area contributed by atoms with Crippen LogP contribution in [0.4, 0.5) is 11.6 Å². The van der Waals surface area contributed by atoms with Crippen molar-refractivity contribution in [3.63, 3.8) is 0 Å². The molecular formula is C32H30MnN8-2. The van der Waals surface area contributed by atoms with E-state index in [1.807, 2.05) is 0 Å². The second kappa shape index (κ2) is 9.85. The van der Waals surface area contributed by atoms with E-state index >= 15 is 0 Å². The van der Waals surface area contributed by atoms with E-state index in [0.717, 1.165) is 69.9 Å². The predicted octanol–water partition coefficient (Wildman–Crippen LogP) is 5.96. The number of hydrogen-bond acceptors (Lipinski definition) is 4. The van der Waals surface area contributed by atoms with Gasteiger partial charge in [-0.15, -0.1) is 0 Å². The maximum Gasteiger partial charge on any atom is 2.00 e. The molecule has 4 aromatic rings. The SMILES string of the molecule is [Mn+2].c1ccc2c3[n-]c(c2c1)/N=C1\[N-]C(/N=c2\[n-]/c(c4ccccc24)=N\C2[N-]/C(=N\3)C3CCCCC23)C2CCCCC12. The zero-order chi connectivity index (χ0) is 26.2. The molecule has 2 saturated heterocycles. The molecule has 8 nitrogen and oxygen atoms in total. The Kier molecular flexibility index (Phi) is 6.08. The zero-order valence-corrected chi connectivity index (χ0v) is 23.9. The summed E-state index contributed by atoms with van der Waals surface area (Å²) in [6.07, 6.45) is 8.82. The molecule has 8 bridgehead atoms. The molecule has 4 fully saturated rings. The van der Waals surface area contributed by atoms with Gasteiger partial charge < -0.3 is 40.6 Å². The van der Waals surface area contributed by atoms with E-state index in [1.54, 1.807) is 0 Å². The van der Waals surface area contributed by atoms with Crippen molar-refractivity contribution in [1.29, 1.82) is 0 Å². The van der Waals surface area contributed by atoms with Crippen LogP contribution in [0.25, 0.3) is 32.2 Å². The standard InChI is InChI=1S/C32H30N8.Mn/c1-2-10-18-17(9-1)25-33-26(18)38-28-21-13-5-6-14-22(21)30(35-28)40-32-24-16-8-7-15-23(24)31(36-32)39-29-20-12-4-3-11-19(20)27(34-29)37-25;/h1-2,7-10,15-16,19-22,27-28H,3-6,11-14H2;/q-4;+2. The van der Waals surface area contributed by atoms with Gasteiger partial charge in [-0.3, -0.25) is 0 Å². The van der Waals surface area contributed by atoms with Gasteiger partial charge in [0.15, 0.2) is 0 Å². The van der Waals surface area contributed by atoms with Crippen molar-refractivity contribution in [2.75, 3.05) is 0 Å². The summed E-state index contributed by atoms with van der Waals surface area (Å²) in [6, 6.07) is 16.6. The van der Waals surface area contributed by atoms with E-state index in [-0.39, 0.29) is 29.4 Å². The van der Waals surface area contributed by atoms with Crippen LogP contribution in [0.15, 0.2) is 68.5 Å². The molecule has 41 heavy (non-hydrogen) atoms. The Balaban J connectivity index is 0.00000256. The first kappa shape index (κ1) is 25.3. The van der Waals surface area contributed by atoms with Gasteiger partial charge >= 0.3 is 17.1 Å². The molecule has 2 aromatic carbocycles. The van der Waals surface area contributed by atoms with Gasteiger partial charge in [-0.05, 0) is 94.9 Å². The van der Waals surface area contributed by atoms with Crippen molar-refractivity contribution in [1.82, 2.24) is 9.97 Å². The van der Waals surface area contributed by atoms with Gasteiger partial charge in [0, 0.05) is 11.0 Å². The van der Waals surface area contributed by atoms with E-state index in [0.29, 0.717) is 35.3 Å². The van der Waals surface area contributed by atoms with Crippen LogP contribution in [0.5, 0.6) is 0 Å². The van der Waals surface area contributed by atoms with E-state index in [2.05, 4.69) is 48.5 Å². The van der Waals surface area contributed by atoms with Gasteiger partial charge in [-0.1, -0.05) is 85.9 Å². The van der Waals surface area contributed by atoms with Crippen LogP contribution in [0.3, 0.4) is 0 Å². The smallest absolute Gasteiger partial charge is 0.459 e. The van der Waals surface area contributed by atoms with Gasteiger partial charge in [0.25, 0.3) is 0 Å². The fourth-order valence-corrected chi connectivity index (χ4v) is 7.82. The third kappa shape index (κ3) is 4.00. The molecule has 3 aliphatic heterocycles. The monoisotopic (exact) mass is 581 g/mol. The van der Waals surface area contributed by atoms with E-state index < -0.39 is 0 Å². The first-order chi connectivity index (χ1) is 19.8. The van der Waals surface area contributed by atoms with Gasteiger partial charge in [-0.2, -0.15) is 0 Å². The summed E-state index contributed by atoms with van der Waals surface area (Å²) in [6.45, 7) is 0. The predicted molar refractivity (Wildman–Crippen MR) is 156 cm³/mol. The zero-order valence-electron chi connectivity index (χ0n) is 22.7. The molecule has 9 heteroatoms. The summed E-state index contributed by atoms with van der Waals surface area (Å²) in [5, 5.41) is 14.4. The van der Waals surface area contributed by atoms with Gasteiger partial charge in [0.2, 0.25) is 0 Å². The molecular weight excluding hydrogens is 551 g/mol. The molecule has 2 aliphatic carbocycles. The summed E-state index contributed by atoms with van der Waals surface area (Å²) in [7, 11) is 0. The molecule has 6 unspecified atom stereocenters. The molecule has 5 heterocycles. The Morgan fingerprint density at radius 1 is 0.537 bits per heavy atom. The van der Waals surface area contributed by atoms with Crippen molar-refractivity contribution in [3.8, 4) is 0 Å². The van der Waals surface area contributed by atoms with Crippen molar-refractivity contribution >= 4 is 44.9 Å². The van der Waals surface area contributed by atoms with Crippen LogP contribution in [0, 0.1) is 23.7 Å². The first-order valence-corrected chi connectivity index (χ1v) is 14.9. The van der Waals surface area contributed by atoms with Gasteiger partial charge in [0.05, 0.1) is 0 Å². The Hall–Kier alpha value is -3.42. The number of rotatable bonds is 0. The minimum absolute atomic E-state index is 0. The minimum Gasteiger partial charge on any atom is -0.459 e. The number of aliphatic imine (C=N–C) groups is 2. The fourth-order valence-electron chi connectivity index (χ4n) is 7.82. The summed E-state index contributed by atoms with van der Waals surface area (Å²) in [5.74, 6) is 4.46. The first-order valence-electron chi connectivity index (χ1n) is 14.9. The topological polar surface area (TPSA) is 106 Å². The van der Waals surface area contributed by atoms with Crippen molar-refractivity contribution in [2.24, 2.45) is 43.6 Å². The maximum absolute atomic E-state index is 5.22. The van der Waals surface area contributed by atoms with E-state index in [1.165, 1.54) is 25.7 Å². The average Bonchev–Trinajstić information content (AvgIpc) is 3.73. The van der Waals surface area contributed by atoms with E-state index in [4.69, 9.17) is 40.6 Å². The summed E-state index contributed by atoms with van der Waals surface area (Å²) in [4.78, 5) is 30.8. The number of nitrogens with zero attached hydrogens (tertiary/aromatic N) is 8. The van der Waals surface area contributed by atoms with Crippen LogP contribution in [0.2, 0.25) is 0 Å². The second-order valence-corrected chi connectivity index (χ2v) is 12.0. The Morgan fingerprint density at radius 3 is 1.46 bits per heavy atom. The Morgan fingerprint density at radius 2 is 0.976 bits per heavy atom. The van der Waals surface area contributed by atoms with Crippen molar-refractivity contribution in [2.45, 2.75) is 63.7 Å².